The van der Waals surface area contributed by atoms with E-state index in [4.69, 9.17) is 4.74 Å². The third-order valence-corrected chi connectivity index (χ3v) is 3.81. The average Bonchev–Trinajstić information content (AvgIpc) is 2.46. The van der Waals surface area contributed by atoms with Gasteiger partial charge in [-0.2, -0.15) is 0 Å². The molecule has 0 aliphatic carbocycles. The van der Waals surface area contributed by atoms with Crippen molar-refractivity contribution in [3.63, 3.8) is 0 Å². The van der Waals surface area contributed by atoms with E-state index in [1.54, 1.807) is 4.90 Å². The molecule has 2 rings (SSSR count). The summed E-state index contributed by atoms with van der Waals surface area (Å²) < 4.78 is 4.75. The molecule has 0 atom stereocenters. The molecule has 0 saturated carbocycles. The fourth-order valence-electron chi connectivity index (χ4n) is 2.45. The van der Waals surface area contributed by atoms with Crippen molar-refractivity contribution < 1.29 is 9.53 Å². The Morgan fingerprint density at radius 2 is 1.60 bits per heavy atom. The van der Waals surface area contributed by atoms with Crippen LogP contribution in [0.2, 0.25) is 0 Å². The highest BCUT2D eigenvalue weighted by molar-refractivity contribution is 5.68. The van der Waals surface area contributed by atoms with Crippen LogP contribution < -0.4 is 4.90 Å². The fourth-order valence-corrected chi connectivity index (χ4v) is 2.45. The number of benzene rings is 1. The van der Waals surface area contributed by atoms with Gasteiger partial charge >= 0.3 is 6.09 Å². The van der Waals surface area contributed by atoms with Crippen molar-refractivity contribution in [3.05, 3.63) is 29.8 Å². The normalized spacial score (nSPS) is 16.2. The second-order valence-electron chi connectivity index (χ2n) is 6.24. The quantitative estimate of drug-likeness (QED) is 0.790. The highest BCUT2D eigenvalue weighted by Crippen LogP contribution is 2.25. The predicted molar refractivity (Wildman–Crippen MR) is 81.3 cm³/mol. The molecule has 1 heterocycles. The third-order valence-electron chi connectivity index (χ3n) is 3.81. The van der Waals surface area contributed by atoms with Gasteiger partial charge in [0.1, 0.15) is 0 Å². The summed E-state index contributed by atoms with van der Waals surface area (Å²) in [5.41, 5.74) is 2.75. The summed E-state index contributed by atoms with van der Waals surface area (Å²) >= 11 is 0. The Bertz CT molecular complexity index is 454. The van der Waals surface area contributed by atoms with E-state index < -0.39 is 0 Å². The van der Waals surface area contributed by atoms with Crippen LogP contribution in [0.5, 0.6) is 0 Å². The number of piperazine rings is 1. The molecule has 4 nitrogen and oxygen atoms in total. The molecule has 1 aliphatic heterocycles. The van der Waals surface area contributed by atoms with Crippen molar-refractivity contribution in [2.45, 2.75) is 26.2 Å². The van der Waals surface area contributed by atoms with Crippen molar-refractivity contribution >= 4 is 11.8 Å². The first kappa shape index (κ1) is 14.7. The minimum atomic E-state index is -0.229. The third kappa shape index (κ3) is 3.24. The number of amides is 1. The molecular weight excluding hydrogens is 252 g/mol. The largest absolute Gasteiger partial charge is 0.453 e. The number of hydrogen-bond acceptors (Lipinski definition) is 3. The second-order valence-corrected chi connectivity index (χ2v) is 6.24. The van der Waals surface area contributed by atoms with Gasteiger partial charge in [-0.25, -0.2) is 4.79 Å². The summed E-state index contributed by atoms with van der Waals surface area (Å²) in [5.74, 6) is 0. The Hall–Kier alpha value is -1.71. The molecule has 1 fully saturated rings. The van der Waals surface area contributed by atoms with E-state index in [0.717, 1.165) is 13.1 Å². The Balaban J connectivity index is 1.99. The molecule has 0 N–H and O–H groups in total. The molecule has 4 heteroatoms. The number of carbonyl (C=O) groups is 1. The van der Waals surface area contributed by atoms with E-state index in [-0.39, 0.29) is 11.5 Å². The number of carbonyl (C=O) groups excluding carboxylic acids is 1. The first-order valence-corrected chi connectivity index (χ1v) is 7.10. The summed E-state index contributed by atoms with van der Waals surface area (Å²) in [7, 11) is 1.43. The molecule has 20 heavy (non-hydrogen) atoms. The summed E-state index contributed by atoms with van der Waals surface area (Å²) in [4.78, 5) is 15.5. The van der Waals surface area contributed by atoms with E-state index in [0.29, 0.717) is 13.1 Å². The molecule has 1 amide bonds. The number of ether oxygens (including phenoxy) is 1. The molecule has 1 aromatic rings. The summed E-state index contributed by atoms with van der Waals surface area (Å²) in [6.45, 7) is 9.79. The monoisotopic (exact) mass is 276 g/mol. The first-order chi connectivity index (χ1) is 9.41. The maximum absolute atomic E-state index is 11.5. The minimum absolute atomic E-state index is 0.183. The van der Waals surface area contributed by atoms with Crippen molar-refractivity contribution in [2.24, 2.45) is 0 Å². The number of hydrogen-bond donors (Lipinski definition) is 0. The van der Waals surface area contributed by atoms with Gasteiger partial charge in [0.2, 0.25) is 0 Å². The van der Waals surface area contributed by atoms with Gasteiger partial charge in [-0.05, 0) is 23.1 Å². The van der Waals surface area contributed by atoms with E-state index in [1.165, 1.54) is 18.4 Å². The van der Waals surface area contributed by atoms with Crippen LogP contribution in [0.15, 0.2) is 24.3 Å². The lowest BCUT2D eigenvalue weighted by molar-refractivity contribution is 0.121. The smallest absolute Gasteiger partial charge is 0.409 e. The Morgan fingerprint density at radius 1 is 1.05 bits per heavy atom. The summed E-state index contributed by atoms with van der Waals surface area (Å²) in [5, 5.41) is 0. The highest BCUT2D eigenvalue weighted by Gasteiger charge is 2.22. The number of methoxy groups -OCH3 is 1. The lowest BCUT2D eigenvalue weighted by atomic mass is 9.87. The molecule has 0 unspecified atom stereocenters. The van der Waals surface area contributed by atoms with Crippen LogP contribution in [0.4, 0.5) is 10.5 Å². The van der Waals surface area contributed by atoms with Gasteiger partial charge in [-0.3, -0.25) is 0 Å². The van der Waals surface area contributed by atoms with Crippen LogP contribution in [0.1, 0.15) is 26.3 Å². The highest BCUT2D eigenvalue weighted by atomic mass is 16.5. The summed E-state index contributed by atoms with van der Waals surface area (Å²) in [6, 6.07) is 8.74. The van der Waals surface area contributed by atoms with Crippen LogP contribution >= 0.6 is 0 Å². The number of anilines is 1. The lowest BCUT2D eigenvalue weighted by Crippen LogP contribution is -2.48. The van der Waals surface area contributed by atoms with E-state index >= 15 is 0 Å². The second kappa shape index (κ2) is 5.73. The van der Waals surface area contributed by atoms with Gasteiger partial charge in [-0.1, -0.05) is 32.9 Å². The fraction of sp³-hybridized carbons (Fsp3) is 0.562. The van der Waals surface area contributed by atoms with Crippen molar-refractivity contribution in [1.82, 2.24) is 4.90 Å². The molecule has 0 spiro atoms. The van der Waals surface area contributed by atoms with E-state index in [1.807, 2.05) is 0 Å². The van der Waals surface area contributed by atoms with Crippen LogP contribution in [0, 0.1) is 0 Å². The van der Waals surface area contributed by atoms with Crippen molar-refractivity contribution in [2.75, 3.05) is 38.2 Å². The minimum Gasteiger partial charge on any atom is -0.453 e. The van der Waals surface area contributed by atoms with Crippen molar-refractivity contribution in [1.29, 1.82) is 0 Å². The Morgan fingerprint density at radius 3 is 2.05 bits per heavy atom. The van der Waals surface area contributed by atoms with Gasteiger partial charge in [0.15, 0.2) is 0 Å². The van der Waals surface area contributed by atoms with E-state index in [9.17, 15) is 4.79 Å². The van der Waals surface area contributed by atoms with Gasteiger partial charge in [0.25, 0.3) is 0 Å². The lowest BCUT2D eigenvalue weighted by Gasteiger charge is -2.35. The number of nitrogens with zero attached hydrogens (tertiary/aromatic N) is 2. The van der Waals surface area contributed by atoms with Gasteiger partial charge in [0, 0.05) is 31.9 Å². The SMILES string of the molecule is COC(=O)N1CCN(c2ccc(C(C)(C)C)cc2)CC1. The molecule has 0 radical (unpaired) electrons. The first-order valence-electron chi connectivity index (χ1n) is 7.10. The average molecular weight is 276 g/mol. The van der Waals surface area contributed by atoms with Crippen LogP contribution in [-0.2, 0) is 10.2 Å². The van der Waals surface area contributed by atoms with E-state index in [2.05, 4.69) is 49.9 Å². The van der Waals surface area contributed by atoms with Crippen LogP contribution in [0.3, 0.4) is 0 Å². The zero-order chi connectivity index (χ0) is 14.8. The van der Waals surface area contributed by atoms with Gasteiger partial charge in [-0.15, -0.1) is 0 Å². The standard InChI is InChI=1S/C16H24N2O2/c1-16(2,3)13-5-7-14(8-6-13)17-9-11-18(12-10-17)15(19)20-4/h5-8H,9-12H2,1-4H3. The molecule has 1 aliphatic rings. The summed E-state index contributed by atoms with van der Waals surface area (Å²) in [6.07, 6.45) is -0.229. The Kier molecular flexibility index (Phi) is 4.21. The maximum atomic E-state index is 11.5. The molecular formula is C16H24N2O2. The van der Waals surface area contributed by atoms with Crippen LogP contribution in [0.25, 0.3) is 0 Å². The Labute approximate surface area is 121 Å². The zero-order valence-corrected chi connectivity index (χ0v) is 12.8. The van der Waals surface area contributed by atoms with Crippen molar-refractivity contribution in [3.8, 4) is 0 Å². The van der Waals surface area contributed by atoms with Crippen LogP contribution in [-0.4, -0.2) is 44.3 Å². The number of rotatable bonds is 1. The van der Waals surface area contributed by atoms with Gasteiger partial charge < -0.3 is 14.5 Å². The zero-order valence-electron chi connectivity index (χ0n) is 12.8. The molecule has 1 saturated heterocycles. The predicted octanol–water partition coefficient (Wildman–Crippen LogP) is 2.87. The van der Waals surface area contributed by atoms with Gasteiger partial charge in [0.05, 0.1) is 7.11 Å². The molecule has 1 aromatic carbocycles. The maximum Gasteiger partial charge on any atom is 0.409 e. The molecule has 0 bridgehead atoms. The molecule has 110 valence electrons. The molecule has 0 aromatic heterocycles. The topological polar surface area (TPSA) is 32.8 Å².